The first-order valence-corrected chi connectivity index (χ1v) is 8.44. The van der Waals surface area contributed by atoms with Crippen LogP contribution < -0.4 is 10.2 Å². The molecule has 25 heavy (non-hydrogen) atoms. The van der Waals surface area contributed by atoms with E-state index in [-0.39, 0.29) is 11.8 Å². The van der Waals surface area contributed by atoms with Crippen molar-refractivity contribution in [2.24, 2.45) is 0 Å². The van der Waals surface area contributed by atoms with Gasteiger partial charge in [-0.25, -0.2) is 0 Å². The highest BCUT2D eigenvalue weighted by Crippen LogP contribution is 2.28. The Labute approximate surface area is 146 Å². The van der Waals surface area contributed by atoms with E-state index in [4.69, 9.17) is 0 Å². The van der Waals surface area contributed by atoms with E-state index in [1.807, 2.05) is 53.4 Å². The first kappa shape index (κ1) is 15.4. The van der Waals surface area contributed by atoms with Gasteiger partial charge in [0, 0.05) is 31.9 Å². The maximum absolute atomic E-state index is 12.4. The standard InChI is InChI=1S/C20H19N3O2/c24-19-17(15-7-3-1-4-8-15)18(20(25)21-19)23-13-11-22(12-14-23)16-9-5-2-6-10-16/h1-10H,11-14H2,(H,21,24,25). The largest absolute Gasteiger partial charge is 0.368 e. The van der Waals surface area contributed by atoms with E-state index in [9.17, 15) is 9.59 Å². The van der Waals surface area contributed by atoms with Gasteiger partial charge in [-0.3, -0.25) is 14.9 Å². The molecule has 5 nitrogen and oxygen atoms in total. The van der Waals surface area contributed by atoms with Crippen LogP contribution in [0.1, 0.15) is 5.56 Å². The van der Waals surface area contributed by atoms with Crippen molar-refractivity contribution in [1.82, 2.24) is 10.2 Å². The quantitative estimate of drug-likeness (QED) is 0.872. The predicted molar refractivity (Wildman–Crippen MR) is 96.7 cm³/mol. The summed E-state index contributed by atoms with van der Waals surface area (Å²) in [5.41, 5.74) is 2.96. The molecule has 0 spiro atoms. The summed E-state index contributed by atoms with van der Waals surface area (Å²) in [4.78, 5) is 29.0. The molecule has 2 aliphatic rings. The van der Waals surface area contributed by atoms with Crippen molar-refractivity contribution in [2.45, 2.75) is 0 Å². The fourth-order valence-electron chi connectivity index (χ4n) is 3.45. The molecule has 0 aliphatic carbocycles. The van der Waals surface area contributed by atoms with Crippen LogP contribution in [0.2, 0.25) is 0 Å². The van der Waals surface area contributed by atoms with Crippen LogP contribution in [0.25, 0.3) is 5.57 Å². The van der Waals surface area contributed by atoms with Gasteiger partial charge in [0.15, 0.2) is 0 Å². The molecule has 2 heterocycles. The molecule has 5 heteroatoms. The fraction of sp³-hybridized carbons (Fsp3) is 0.200. The molecule has 2 aromatic carbocycles. The number of hydrogen-bond donors (Lipinski definition) is 1. The third kappa shape index (κ3) is 2.89. The van der Waals surface area contributed by atoms with Gasteiger partial charge in [0.2, 0.25) is 0 Å². The molecule has 2 amide bonds. The van der Waals surface area contributed by atoms with Crippen LogP contribution in [0.3, 0.4) is 0 Å². The summed E-state index contributed by atoms with van der Waals surface area (Å²) >= 11 is 0. The molecule has 0 saturated carbocycles. The summed E-state index contributed by atoms with van der Waals surface area (Å²) in [5.74, 6) is -0.603. The Balaban J connectivity index is 1.59. The van der Waals surface area contributed by atoms with Crippen LogP contribution in [0.4, 0.5) is 5.69 Å². The number of hydrogen-bond acceptors (Lipinski definition) is 4. The van der Waals surface area contributed by atoms with Crippen molar-refractivity contribution in [3.8, 4) is 0 Å². The smallest absolute Gasteiger partial charge is 0.275 e. The molecule has 0 aromatic heterocycles. The molecular formula is C20H19N3O2. The number of amides is 2. The monoisotopic (exact) mass is 333 g/mol. The normalized spacial score (nSPS) is 17.9. The van der Waals surface area contributed by atoms with Gasteiger partial charge in [-0.1, -0.05) is 48.5 Å². The molecule has 1 fully saturated rings. The summed E-state index contributed by atoms with van der Waals surface area (Å²) in [6.45, 7) is 3.05. The summed E-state index contributed by atoms with van der Waals surface area (Å²) < 4.78 is 0. The van der Waals surface area contributed by atoms with Crippen molar-refractivity contribution < 1.29 is 9.59 Å². The van der Waals surface area contributed by atoms with Crippen molar-refractivity contribution in [3.63, 3.8) is 0 Å². The van der Waals surface area contributed by atoms with Crippen LogP contribution in [0, 0.1) is 0 Å². The van der Waals surface area contributed by atoms with Crippen molar-refractivity contribution >= 4 is 23.1 Å². The van der Waals surface area contributed by atoms with Gasteiger partial charge in [0.05, 0.1) is 5.57 Å². The topological polar surface area (TPSA) is 52.7 Å². The van der Waals surface area contributed by atoms with Gasteiger partial charge in [-0.05, 0) is 17.7 Å². The Morgan fingerprint density at radius 2 is 1.24 bits per heavy atom. The number of benzene rings is 2. The first-order chi connectivity index (χ1) is 12.2. The van der Waals surface area contributed by atoms with Crippen LogP contribution in [-0.4, -0.2) is 42.9 Å². The van der Waals surface area contributed by atoms with Crippen LogP contribution in [-0.2, 0) is 9.59 Å². The maximum atomic E-state index is 12.4. The summed E-state index contributed by atoms with van der Waals surface area (Å²) in [6.07, 6.45) is 0. The molecule has 4 rings (SSSR count). The Bertz CT molecular complexity index is 823. The number of anilines is 1. The van der Waals surface area contributed by atoms with Gasteiger partial charge >= 0.3 is 0 Å². The highest BCUT2D eigenvalue weighted by molar-refractivity contribution is 6.35. The number of nitrogens with one attached hydrogen (secondary N) is 1. The lowest BCUT2D eigenvalue weighted by Gasteiger charge is -2.37. The minimum Gasteiger partial charge on any atom is -0.368 e. The fourth-order valence-corrected chi connectivity index (χ4v) is 3.45. The predicted octanol–water partition coefficient (Wildman–Crippen LogP) is 1.88. The van der Waals surface area contributed by atoms with Crippen molar-refractivity contribution in [3.05, 3.63) is 71.9 Å². The van der Waals surface area contributed by atoms with E-state index in [1.54, 1.807) is 0 Å². The lowest BCUT2D eigenvalue weighted by Crippen LogP contribution is -2.47. The van der Waals surface area contributed by atoms with E-state index in [2.05, 4.69) is 22.3 Å². The third-order valence-electron chi connectivity index (χ3n) is 4.69. The molecule has 0 atom stereocenters. The minimum atomic E-state index is -0.309. The second-order valence-electron chi connectivity index (χ2n) is 6.18. The van der Waals surface area contributed by atoms with E-state index in [0.29, 0.717) is 24.4 Å². The number of imide groups is 1. The number of carbonyl (C=O) groups is 2. The molecule has 1 saturated heterocycles. The Hall–Kier alpha value is -3.08. The van der Waals surface area contributed by atoms with Crippen LogP contribution in [0.5, 0.6) is 0 Å². The first-order valence-electron chi connectivity index (χ1n) is 8.44. The van der Waals surface area contributed by atoms with Gasteiger partial charge in [0.25, 0.3) is 11.8 Å². The second-order valence-corrected chi connectivity index (χ2v) is 6.18. The SMILES string of the molecule is O=C1NC(=O)C(N2CCN(c3ccccc3)CC2)=C1c1ccccc1. The van der Waals surface area contributed by atoms with Gasteiger partial charge in [0.1, 0.15) is 5.70 Å². The van der Waals surface area contributed by atoms with E-state index >= 15 is 0 Å². The zero-order valence-electron chi connectivity index (χ0n) is 13.8. The van der Waals surface area contributed by atoms with Crippen molar-refractivity contribution in [2.75, 3.05) is 31.1 Å². The van der Waals surface area contributed by atoms with Gasteiger partial charge in [-0.2, -0.15) is 0 Å². The molecule has 2 aliphatic heterocycles. The molecule has 0 bridgehead atoms. The summed E-state index contributed by atoms with van der Waals surface area (Å²) in [7, 11) is 0. The zero-order chi connectivity index (χ0) is 17.2. The van der Waals surface area contributed by atoms with E-state index < -0.39 is 0 Å². The summed E-state index contributed by atoms with van der Waals surface area (Å²) in [6, 6.07) is 19.6. The average Bonchev–Trinajstić information content (AvgIpc) is 2.97. The van der Waals surface area contributed by atoms with Crippen LogP contribution >= 0.6 is 0 Å². The highest BCUT2D eigenvalue weighted by Gasteiger charge is 2.35. The Morgan fingerprint density at radius 1 is 0.680 bits per heavy atom. The minimum absolute atomic E-state index is 0.294. The molecule has 2 aromatic rings. The number of para-hydroxylation sites is 1. The number of piperazine rings is 1. The molecule has 0 radical (unpaired) electrons. The van der Waals surface area contributed by atoms with E-state index in [0.717, 1.165) is 18.7 Å². The van der Waals surface area contributed by atoms with Gasteiger partial charge < -0.3 is 9.80 Å². The number of nitrogens with zero attached hydrogens (tertiary/aromatic N) is 2. The Kier molecular flexibility index (Phi) is 3.98. The number of rotatable bonds is 3. The second kappa shape index (κ2) is 6.43. The maximum Gasteiger partial charge on any atom is 0.275 e. The average molecular weight is 333 g/mol. The zero-order valence-corrected chi connectivity index (χ0v) is 13.8. The lowest BCUT2D eigenvalue weighted by atomic mass is 10.0. The molecule has 0 unspecified atom stereocenters. The molecule has 1 N–H and O–H groups in total. The summed E-state index contributed by atoms with van der Waals surface area (Å²) in [5, 5.41) is 2.45. The van der Waals surface area contributed by atoms with E-state index in [1.165, 1.54) is 5.69 Å². The third-order valence-corrected chi connectivity index (χ3v) is 4.69. The van der Waals surface area contributed by atoms with Crippen LogP contribution in [0.15, 0.2) is 66.4 Å². The molecule has 126 valence electrons. The number of carbonyl (C=O) groups excluding carboxylic acids is 2. The highest BCUT2D eigenvalue weighted by atomic mass is 16.2. The van der Waals surface area contributed by atoms with Crippen molar-refractivity contribution in [1.29, 1.82) is 0 Å². The molecular weight excluding hydrogens is 314 g/mol. The van der Waals surface area contributed by atoms with Gasteiger partial charge in [-0.15, -0.1) is 0 Å². The lowest BCUT2D eigenvalue weighted by molar-refractivity contribution is -0.124. The Morgan fingerprint density at radius 3 is 1.88 bits per heavy atom.